The Hall–Kier alpha value is -1.13. The predicted octanol–water partition coefficient (Wildman–Crippen LogP) is 1.98. The maximum atomic E-state index is 13.4. The van der Waals surface area contributed by atoms with Gasteiger partial charge in [0.05, 0.1) is 12.2 Å². The first kappa shape index (κ1) is 12.3. The minimum absolute atomic E-state index is 0.0469. The molecule has 0 aromatic heterocycles. The number of carbonyl (C=O) groups excluding carboxylic acids is 1. The van der Waals surface area contributed by atoms with Gasteiger partial charge >= 0.3 is 0 Å². The lowest BCUT2D eigenvalue weighted by Crippen LogP contribution is -2.32. The third-order valence-corrected chi connectivity index (χ3v) is 3.32. The van der Waals surface area contributed by atoms with Gasteiger partial charge in [-0.15, -0.1) is 0 Å². The summed E-state index contributed by atoms with van der Waals surface area (Å²) in [5.41, 5.74) is -0.253. The first-order chi connectivity index (χ1) is 8.06. The number of aliphatic hydroxyl groups excluding tert-OH is 1. The van der Waals surface area contributed by atoms with Crippen LogP contribution in [0.2, 0.25) is 5.02 Å². The topological polar surface area (TPSA) is 49.3 Å². The molecule has 0 spiro atoms. The monoisotopic (exact) mass is 257 g/mol. The predicted molar refractivity (Wildman–Crippen MR) is 62.5 cm³/mol. The van der Waals surface area contributed by atoms with Gasteiger partial charge in [-0.2, -0.15) is 0 Å². The van der Waals surface area contributed by atoms with Gasteiger partial charge in [-0.1, -0.05) is 11.6 Å². The number of nitrogens with one attached hydrogen (secondary N) is 1. The van der Waals surface area contributed by atoms with Crippen molar-refractivity contribution in [2.75, 3.05) is 13.2 Å². The molecule has 1 aliphatic rings. The second kappa shape index (κ2) is 4.63. The number of halogens is 2. The molecule has 1 fully saturated rings. The van der Waals surface area contributed by atoms with E-state index in [1.54, 1.807) is 0 Å². The Bertz CT molecular complexity index is 446. The summed E-state index contributed by atoms with van der Waals surface area (Å²) in [6.07, 6.45) is 1.78. The van der Waals surface area contributed by atoms with Crippen LogP contribution >= 0.6 is 11.6 Å². The molecular weight excluding hydrogens is 245 g/mol. The molecule has 0 saturated heterocycles. The molecule has 1 aromatic carbocycles. The highest BCUT2D eigenvalue weighted by Crippen LogP contribution is 2.44. The molecular formula is C12H13ClFNO2. The Labute approximate surface area is 104 Å². The fourth-order valence-corrected chi connectivity index (χ4v) is 1.77. The van der Waals surface area contributed by atoms with E-state index in [1.165, 1.54) is 12.1 Å². The number of hydrogen-bond donors (Lipinski definition) is 2. The number of hydrogen-bond acceptors (Lipinski definition) is 2. The van der Waals surface area contributed by atoms with Gasteiger partial charge in [0.25, 0.3) is 5.91 Å². The Morgan fingerprint density at radius 1 is 1.53 bits per heavy atom. The van der Waals surface area contributed by atoms with Crippen molar-refractivity contribution < 1.29 is 14.3 Å². The highest BCUT2D eigenvalue weighted by molar-refractivity contribution is 6.30. The summed E-state index contributed by atoms with van der Waals surface area (Å²) in [7, 11) is 0. The summed E-state index contributed by atoms with van der Waals surface area (Å²) >= 11 is 5.70. The third-order valence-electron chi connectivity index (χ3n) is 3.09. The van der Waals surface area contributed by atoms with Crippen LogP contribution in [0.3, 0.4) is 0 Å². The van der Waals surface area contributed by atoms with Gasteiger partial charge in [0.15, 0.2) is 0 Å². The van der Waals surface area contributed by atoms with E-state index in [1.807, 2.05) is 0 Å². The Balaban J connectivity index is 2.02. The number of benzene rings is 1. The van der Waals surface area contributed by atoms with Gasteiger partial charge in [-0.25, -0.2) is 4.39 Å². The van der Waals surface area contributed by atoms with Crippen LogP contribution < -0.4 is 5.32 Å². The van der Waals surface area contributed by atoms with Crippen LogP contribution in [0.1, 0.15) is 23.2 Å². The van der Waals surface area contributed by atoms with Crippen molar-refractivity contribution in [2.45, 2.75) is 12.8 Å². The number of carbonyl (C=O) groups is 1. The van der Waals surface area contributed by atoms with Crippen molar-refractivity contribution in [3.05, 3.63) is 34.6 Å². The van der Waals surface area contributed by atoms with Gasteiger partial charge in [0.1, 0.15) is 5.82 Å². The molecule has 3 nitrogen and oxygen atoms in total. The van der Waals surface area contributed by atoms with Crippen LogP contribution in [0, 0.1) is 11.2 Å². The Morgan fingerprint density at radius 3 is 2.82 bits per heavy atom. The highest BCUT2D eigenvalue weighted by atomic mass is 35.5. The van der Waals surface area contributed by atoms with E-state index in [4.69, 9.17) is 16.7 Å². The minimum Gasteiger partial charge on any atom is -0.396 e. The number of amides is 1. The quantitative estimate of drug-likeness (QED) is 0.867. The van der Waals surface area contributed by atoms with Gasteiger partial charge in [-0.3, -0.25) is 4.79 Å². The molecule has 0 atom stereocenters. The molecule has 2 N–H and O–H groups in total. The molecule has 17 heavy (non-hydrogen) atoms. The van der Waals surface area contributed by atoms with E-state index >= 15 is 0 Å². The maximum absolute atomic E-state index is 13.4. The zero-order valence-electron chi connectivity index (χ0n) is 9.17. The van der Waals surface area contributed by atoms with E-state index in [0.29, 0.717) is 11.6 Å². The molecule has 1 saturated carbocycles. The average molecular weight is 258 g/mol. The second-order valence-electron chi connectivity index (χ2n) is 4.46. The van der Waals surface area contributed by atoms with Crippen molar-refractivity contribution >= 4 is 17.5 Å². The van der Waals surface area contributed by atoms with Gasteiger partial charge in [-0.05, 0) is 31.0 Å². The Morgan fingerprint density at radius 2 is 2.24 bits per heavy atom. The van der Waals surface area contributed by atoms with E-state index in [2.05, 4.69) is 5.32 Å². The molecule has 1 amide bonds. The van der Waals surface area contributed by atoms with Gasteiger partial charge in [0, 0.05) is 17.0 Å². The maximum Gasteiger partial charge on any atom is 0.254 e. The number of aliphatic hydroxyl groups is 1. The summed E-state index contributed by atoms with van der Waals surface area (Å²) in [6, 6.07) is 3.85. The van der Waals surface area contributed by atoms with E-state index < -0.39 is 11.7 Å². The summed E-state index contributed by atoms with van der Waals surface area (Å²) in [6.45, 7) is 0.416. The molecule has 0 radical (unpaired) electrons. The van der Waals surface area contributed by atoms with Crippen molar-refractivity contribution in [2.24, 2.45) is 5.41 Å². The largest absolute Gasteiger partial charge is 0.396 e. The normalized spacial score (nSPS) is 16.6. The van der Waals surface area contributed by atoms with Crippen molar-refractivity contribution in [1.82, 2.24) is 5.32 Å². The summed E-state index contributed by atoms with van der Waals surface area (Å²) in [5.74, 6) is -1.09. The fraction of sp³-hybridized carbons (Fsp3) is 0.417. The lowest BCUT2D eigenvalue weighted by molar-refractivity contribution is 0.0931. The summed E-state index contributed by atoms with van der Waals surface area (Å²) in [4.78, 5) is 11.7. The number of rotatable bonds is 4. The lowest BCUT2D eigenvalue weighted by atomic mass is 10.1. The zero-order valence-corrected chi connectivity index (χ0v) is 9.93. The van der Waals surface area contributed by atoms with Crippen molar-refractivity contribution in [1.29, 1.82) is 0 Å². The third kappa shape index (κ3) is 2.76. The van der Waals surface area contributed by atoms with E-state index in [0.717, 1.165) is 18.9 Å². The van der Waals surface area contributed by atoms with Crippen molar-refractivity contribution in [3.8, 4) is 0 Å². The molecule has 0 aliphatic heterocycles. The van der Waals surface area contributed by atoms with Gasteiger partial charge in [0.2, 0.25) is 0 Å². The van der Waals surface area contributed by atoms with Crippen LogP contribution in [0.5, 0.6) is 0 Å². The molecule has 1 aliphatic carbocycles. The van der Waals surface area contributed by atoms with Crippen LogP contribution in [-0.4, -0.2) is 24.2 Å². The molecule has 5 heteroatoms. The fourth-order valence-electron chi connectivity index (χ4n) is 1.60. The summed E-state index contributed by atoms with van der Waals surface area (Å²) < 4.78 is 13.4. The molecule has 0 bridgehead atoms. The first-order valence-electron chi connectivity index (χ1n) is 5.40. The molecule has 2 rings (SSSR count). The van der Waals surface area contributed by atoms with Crippen LogP contribution in [0.25, 0.3) is 0 Å². The second-order valence-corrected chi connectivity index (χ2v) is 4.90. The van der Waals surface area contributed by atoms with E-state index in [9.17, 15) is 9.18 Å². The lowest BCUT2D eigenvalue weighted by Gasteiger charge is -2.13. The van der Waals surface area contributed by atoms with E-state index in [-0.39, 0.29) is 17.6 Å². The molecule has 0 heterocycles. The molecule has 1 aromatic rings. The average Bonchev–Trinajstić information content (AvgIpc) is 3.10. The minimum atomic E-state index is -0.597. The zero-order chi connectivity index (χ0) is 12.5. The van der Waals surface area contributed by atoms with Crippen LogP contribution in [0.15, 0.2) is 18.2 Å². The standard InChI is InChI=1S/C12H13ClFNO2/c13-8-1-2-10(14)9(5-8)11(17)15-6-12(7-16)3-4-12/h1-2,5,16H,3-4,6-7H2,(H,15,17). The summed E-state index contributed by atoms with van der Waals surface area (Å²) in [5, 5.41) is 12.0. The first-order valence-corrected chi connectivity index (χ1v) is 5.78. The van der Waals surface area contributed by atoms with Crippen LogP contribution in [-0.2, 0) is 0 Å². The highest BCUT2D eigenvalue weighted by Gasteiger charge is 2.42. The smallest absolute Gasteiger partial charge is 0.254 e. The Kier molecular flexibility index (Phi) is 3.35. The molecule has 92 valence electrons. The SMILES string of the molecule is O=C(NCC1(CO)CC1)c1cc(Cl)ccc1F. The molecule has 0 unspecified atom stereocenters. The van der Waals surface area contributed by atoms with Crippen LogP contribution in [0.4, 0.5) is 4.39 Å². The van der Waals surface area contributed by atoms with Gasteiger partial charge < -0.3 is 10.4 Å². The van der Waals surface area contributed by atoms with Crippen molar-refractivity contribution in [3.63, 3.8) is 0 Å².